The van der Waals surface area contributed by atoms with Crippen molar-refractivity contribution in [2.75, 3.05) is 11.7 Å². The molecule has 2 amide bonds. The van der Waals surface area contributed by atoms with E-state index in [1.807, 2.05) is 80.6 Å². The third kappa shape index (κ3) is 3.35. The Bertz CT molecular complexity index is 1870. The van der Waals surface area contributed by atoms with Gasteiger partial charge in [-0.05, 0) is 77.2 Å². The van der Waals surface area contributed by atoms with Crippen molar-refractivity contribution in [3.63, 3.8) is 0 Å². The molecule has 0 unspecified atom stereocenters. The van der Waals surface area contributed by atoms with E-state index in [2.05, 4.69) is 0 Å². The van der Waals surface area contributed by atoms with Crippen LogP contribution in [0.2, 0.25) is 0 Å². The number of anilines is 1. The summed E-state index contributed by atoms with van der Waals surface area (Å²) in [5, 5.41) is 1.93. The largest absolute Gasteiger partial charge is 0.454 e. The van der Waals surface area contributed by atoms with E-state index in [1.165, 1.54) is 4.90 Å². The zero-order valence-electron chi connectivity index (χ0n) is 22.4. The number of benzene rings is 4. The molecule has 1 aliphatic carbocycles. The number of carbonyl (C=O) groups is 3. The van der Waals surface area contributed by atoms with Crippen molar-refractivity contribution in [3.05, 3.63) is 101 Å². The number of nitrogens with zero attached hydrogens (tertiary/aromatic N) is 1. The standard InChI is InChI=1S/C34H25NO6/c1-17-7-10-21(13-18(17)2)35-32(36)29-23(20-9-11-25-27(14-20)40-16-39-25)15-24-28-22-6-4-3-5-19(22)8-12-26(28)41-34(38)30(24)31(29)33(35)37/h3-15,23,29-31H,16H2,1-2H3/t23-,29+,30+,31-/m0/s1. The van der Waals surface area contributed by atoms with E-state index in [-0.39, 0.29) is 18.6 Å². The highest BCUT2D eigenvalue weighted by atomic mass is 16.7. The fourth-order valence-corrected chi connectivity index (χ4v) is 6.90. The number of allylic oxidation sites excluding steroid dienone is 1. The Morgan fingerprint density at radius 3 is 2.39 bits per heavy atom. The first-order chi connectivity index (χ1) is 19.9. The van der Waals surface area contributed by atoms with Gasteiger partial charge in [0, 0.05) is 11.5 Å². The molecule has 0 aromatic heterocycles. The summed E-state index contributed by atoms with van der Waals surface area (Å²) in [5.74, 6) is -2.62. The van der Waals surface area contributed by atoms with Gasteiger partial charge in [-0.15, -0.1) is 0 Å². The normalized spacial score (nSPS) is 24.1. The van der Waals surface area contributed by atoms with E-state index in [1.54, 1.807) is 12.1 Å². The minimum Gasteiger partial charge on any atom is -0.454 e. The molecule has 4 aromatic rings. The summed E-state index contributed by atoms with van der Waals surface area (Å²) in [6.07, 6.45) is 2.00. The number of fused-ring (bicyclic) bond motifs is 8. The molecular formula is C34H25NO6. The van der Waals surface area contributed by atoms with Gasteiger partial charge in [-0.1, -0.05) is 48.5 Å². The average molecular weight is 544 g/mol. The molecule has 4 atom stereocenters. The van der Waals surface area contributed by atoms with E-state index in [0.717, 1.165) is 38.6 Å². The summed E-state index contributed by atoms with van der Waals surface area (Å²) in [6, 6.07) is 22.8. The second-order valence-corrected chi connectivity index (χ2v) is 11.2. The predicted molar refractivity (Wildman–Crippen MR) is 152 cm³/mol. The first-order valence-electron chi connectivity index (χ1n) is 13.7. The van der Waals surface area contributed by atoms with Crippen LogP contribution in [-0.4, -0.2) is 24.6 Å². The van der Waals surface area contributed by atoms with Gasteiger partial charge in [-0.2, -0.15) is 0 Å². The fourth-order valence-electron chi connectivity index (χ4n) is 6.90. The lowest BCUT2D eigenvalue weighted by Crippen LogP contribution is -2.42. The van der Waals surface area contributed by atoms with Crippen LogP contribution in [0.15, 0.2) is 78.9 Å². The molecule has 8 rings (SSSR count). The van der Waals surface area contributed by atoms with Gasteiger partial charge in [-0.25, -0.2) is 4.90 Å². The van der Waals surface area contributed by atoms with Crippen LogP contribution >= 0.6 is 0 Å². The first kappa shape index (κ1) is 23.9. The van der Waals surface area contributed by atoms with Crippen molar-refractivity contribution in [1.29, 1.82) is 0 Å². The highest BCUT2D eigenvalue weighted by Crippen LogP contribution is 2.56. The molecule has 3 heterocycles. The number of amides is 2. The third-order valence-corrected chi connectivity index (χ3v) is 9.01. The monoisotopic (exact) mass is 543 g/mol. The van der Waals surface area contributed by atoms with Crippen molar-refractivity contribution in [2.24, 2.45) is 17.8 Å². The number of esters is 1. The molecule has 0 saturated carbocycles. The molecule has 0 radical (unpaired) electrons. The van der Waals surface area contributed by atoms with Crippen LogP contribution in [0.3, 0.4) is 0 Å². The summed E-state index contributed by atoms with van der Waals surface area (Å²) >= 11 is 0. The molecule has 4 aromatic carbocycles. The SMILES string of the molecule is Cc1ccc(N2C(=O)[C@@H]3[C@@H]4C(=O)Oc5ccc6ccccc6c5C4=C[C@@H](c4ccc5c(c4)OCO5)[C@H]3C2=O)cc1C. The lowest BCUT2D eigenvalue weighted by molar-refractivity contribution is -0.142. The van der Waals surface area contributed by atoms with Crippen molar-refractivity contribution >= 4 is 39.8 Å². The van der Waals surface area contributed by atoms with Crippen molar-refractivity contribution in [3.8, 4) is 17.2 Å². The van der Waals surface area contributed by atoms with E-state index in [0.29, 0.717) is 22.9 Å². The average Bonchev–Trinajstić information content (AvgIpc) is 3.55. The topological polar surface area (TPSA) is 82.1 Å². The smallest absolute Gasteiger partial charge is 0.319 e. The molecule has 41 heavy (non-hydrogen) atoms. The molecule has 7 nitrogen and oxygen atoms in total. The summed E-state index contributed by atoms with van der Waals surface area (Å²) in [4.78, 5) is 43.5. The van der Waals surface area contributed by atoms with Gasteiger partial charge in [0.05, 0.1) is 23.4 Å². The van der Waals surface area contributed by atoms with Crippen LogP contribution in [0.1, 0.15) is 28.2 Å². The maximum Gasteiger partial charge on any atom is 0.319 e. The van der Waals surface area contributed by atoms with Crippen molar-refractivity contribution < 1.29 is 28.6 Å². The van der Waals surface area contributed by atoms with Gasteiger partial charge in [0.25, 0.3) is 0 Å². The van der Waals surface area contributed by atoms with E-state index >= 15 is 0 Å². The van der Waals surface area contributed by atoms with Crippen LogP contribution in [-0.2, 0) is 14.4 Å². The van der Waals surface area contributed by atoms with Crippen LogP contribution in [0.5, 0.6) is 17.2 Å². The molecule has 0 N–H and O–H groups in total. The maximum atomic E-state index is 14.3. The molecule has 4 aliphatic rings. The number of hydrogen-bond acceptors (Lipinski definition) is 6. The summed E-state index contributed by atoms with van der Waals surface area (Å²) in [5.41, 5.74) is 4.88. The zero-order valence-corrected chi connectivity index (χ0v) is 22.4. The lowest BCUT2D eigenvalue weighted by atomic mass is 9.64. The van der Waals surface area contributed by atoms with Gasteiger partial charge in [0.15, 0.2) is 11.5 Å². The van der Waals surface area contributed by atoms with Gasteiger partial charge >= 0.3 is 5.97 Å². The van der Waals surface area contributed by atoms with Crippen molar-refractivity contribution in [2.45, 2.75) is 19.8 Å². The van der Waals surface area contributed by atoms with E-state index in [9.17, 15) is 14.4 Å². The predicted octanol–water partition coefficient (Wildman–Crippen LogP) is 5.71. The fraction of sp³-hybridized carbons (Fsp3) is 0.206. The molecular weight excluding hydrogens is 518 g/mol. The highest BCUT2D eigenvalue weighted by molar-refractivity contribution is 6.25. The number of hydrogen-bond donors (Lipinski definition) is 0. The van der Waals surface area contributed by atoms with E-state index < -0.39 is 29.6 Å². The zero-order chi connectivity index (χ0) is 28.0. The van der Waals surface area contributed by atoms with Crippen LogP contribution < -0.4 is 19.1 Å². The summed E-state index contributed by atoms with van der Waals surface area (Å²) in [6.45, 7) is 4.06. The second-order valence-electron chi connectivity index (χ2n) is 11.2. The molecule has 1 saturated heterocycles. The molecule has 0 bridgehead atoms. The Morgan fingerprint density at radius 1 is 0.756 bits per heavy atom. The Labute approximate surface area is 235 Å². The Kier molecular flexibility index (Phi) is 4.99. The summed E-state index contributed by atoms with van der Waals surface area (Å²) < 4.78 is 17.1. The second kappa shape index (κ2) is 8.54. The summed E-state index contributed by atoms with van der Waals surface area (Å²) in [7, 11) is 0. The molecule has 7 heteroatoms. The minimum atomic E-state index is -0.917. The van der Waals surface area contributed by atoms with E-state index in [4.69, 9.17) is 14.2 Å². The maximum absolute atomic E-state index is 14.3. The quantitative estimate of drug-likeness (QED) is 0.183. The number of imide groups is 1. The number of carbonyl (C=O) groups excluding carboxylic acids is 3. The Morgan fingerprint density at radius 2 is 1.54 bits per heavy atom. The Hall–Kier alpha value is -4.91. The number of ether oxygens (including phenoxy) is 3. The number of aryl methyl sites for hydroxylation is 2. The minimum absolute atomic E-state index is 0.127. The molecule has 0 spiro atoms. The van der Waals surface area contributed by atoms with Gasteiger partial charge in [0.2, 0.25) is 18.6 Å². The number of rotatable bonds is 2. The first-order valence-corrected chi connectivity index (χ1v) is 13.7. The van der Waals surface area contributed by atoms with Gasteiger partial charge in [0.1, 0.15) is 5.75 Å². The van der Waals surface area contributed by atoms with Crippen molar-refractivity contribution in [1.82, 2.24) is 0 Å². The molecule has 1 fully saturated rings. The lowest BCUT2D eigenvalue weighted by Gasteiger charge is -2.38. The van der Waals surface area contributed by atoms with Gasteiger partial charge < -0.3 is 14.2 Å². The van der Waals surface area contributed by atoms with Gasteiger partial charge in [-0.3, -0.25) is 14.4 Å². The van der Waals surface area contributed by atoms with Crippen LogP contribution in [0, 0.1) is 31.6 Å². The van der Waals surface area contributed by atoms with Crippen LogP contribution in [0.4, 0.5) is 5.69 Å². The Balaban J connectivity index is 1.36. The highest BCUT2D eigenvalue weighted by Gasteiger charge is 2.60. The molecule has 3 aliphatic heterocycles. The third-order valence-electron chi connectivity index (χ3n) is 9.01. The van der Waals surface area contributed by atoms with Crippen LogP contribution in [0.25, 0.3) is 16.3 Å². The molecule has 202 valence electrons.